The van der Waals surface area contributed by atoms with Gasteiger partial charge in [0.15, 0.2) is 0 Å². The van der Waals surface area contributed by atoms with Crippen LogP contribution in [0.4, 0.5) is 4.39 Å². The van der Waals surface area contributed by atoms with Gasteiger partial charge in [-0.3, -0.25) is 14.4 Å². The van der Waals surface area contributed by atoms with Gasteiger partial charge in [0.25, 0.3) is 5.91 Å². The number of hydrogen-bond acceptors (Lipinski definition) is 4. The van der Waals surface area contributed by atoms with Crippen LogP contribution in [0.15, 0.2) is 24.3 Å². The maximum Gasteiger partial charge on any atom is 0.325 e. The average molecular weight is 347 g/mol. The van der Waals surface area contributed by atoms with Gasteiger partial charge < -0.3 is 19.9 Å². The minimum Gasteiger partial charge on any atom is -0.468 e. The highest BCUT2D eigenvalue weighted by atomic mass is 19.1. The quantitative estimate of drug-likeness (QED) is 0.813. The summed E-state index contributed by atoms with van der Waals surface area (Å²) in [5, 5.41) is 3.07. The summed E-state index contributed by atoms with van der Waals surface area (Å²) in [6.45, 7) is 0.207. The third kappa shape index (κ3) is 3.47. The maximum atomic E-state index is 13.3. The molecule has 8 heteroatoms. The van der Waals surface area contributed by atoms with Gasteiger partial charge in [-0.15, -0.1) is 0 Å². The van der Waals surface area contributed by atoms with Crippen LogP contribution in [-0.4, -0.2) is 53.9 Å². The molecule has 1 aromatic heterocycles. The molecule has 1 fully saturated rings. The highest BCUT2D eigenvalue weighted by Gasteiger charge is 2.35. The van der Waals surface area contributed by atoms with Gasteiger partial charge in [0, 0.05) is 17.4 Å². The summed E-state index contributed by atoms with van der Waals surface area (Å²) in [7, 11) is 1.23. The summed E-state index contributed by atoms with van der Waals surface area (Å²) >= 11 is 0. The molecule has 0 aliphatic carbocycles. The number of benzene rings is 1. The van der Waals surface area contributed by atoms with Gasteiger partial charge in [0.05, 0.1) is 7.11 Å². The second-order valence-electron chi connectivity index (χ2n) is 5.87. The lowest BCUT2D eigenvalue weighted by molar-refractivity contribution is -0.141. The highest BCUT2D eigenvalue weighted by molar-refractivity contribution is 6.00. The van der Waals surface area contributed by atoms with Crippen molar-refractivity contribution in [2.75, 3.05) is 20.2 Å². The number of carbonyl (C=O) groups is 3. The van der Waals surface area contributed by atoms with Crippen molar-refractivity contribution in [2.24, 2.45) is 0 Å². The van der Waals surface area contributed by atoms with Crippen molar-refractivity contribution in [1.29, 1.82) is 0 Å². The van der Waals surface area contributed by atoms with E-state index >= 15 is 0 Å². The largest absolute Gasteiger partial charge is 0.468 e. The summed E-state index contributed by atoms with van der Waals surface area (Å²) in [6.07, 6.45) is 1.21. The van der Waals surface area contributed by atoms with E-state index in [2.05, 4.69) is 15.0 Å². The molecule has 0 radical (unpaired) electrons. The van der Waals surface area contributed by atoms with E-state index < -0.39 is 17.9 Å². The Morgan fingerprint density at radius 2 is 2.16 bits per heavy atom. The molecule has 1 saturated heterocycles. The number of fused-ring (bicyclic) bond motifs is 1. The molecule has 2 N–H and O–H groups in total. The first-order valence-corrected chi connectivity index (χ1v) is 7.93. The fourth-order valence-corrected chi connectivity index (χ4v) is 3.01. The highest BCUT2D eigenvalue weighted by Crippen LogP contribution is 2.23. The Hall–Kier alpha value is -2.90. The predicted octanol–water partition coefficient (Wildman–Crippen LogP) is 1.20. The van der Waals surface area contributed by atoms with E-state index in [1.165, 1.54) is 24.1 Å². The first-order chi connectivity index (χ1) is 12.0. The fourth-order valence-electron chi connectivity index (χ4n) is 3.01. The molecule has 2 amide bonds. The zero-order chi connectivity index (χ0) is 18.0. The van der Waals surface area contributed by atoms with Crippen LogP contribution in [0.25, 0.3) is 10.9 Å². The lowest BCUT2D eigenvalue weighted by Gasteiger charge is -2.23. The first-order valence-electron chi connectivity index (χ1n) is 7.93. The van der Waals surface area contributed by atoms with Crippen LogP contribution in [0.1, 0.15) is 23.3 Å². The molecule has 132 valence electrons. The molecule has 0 bridgehead atoms. The number of carbonyl (C=O) groups excluding carboxylic acids is 3. The van der Waals surface area contributed by atoms with Crippen molar-refractivity contribution in [1.82, 2.24) is 15.2 Å². The molecule has 0 saturated carbocycles. The molecule has 1 aliphatic rings. The molecule has 3 rings (SSSR count). The van der Waals surface area contributed by atoms with Crippen LogP contribution in [-0.2, 0) is 14.3 Å². The van der Waals surface area contributed by atoms with Crippen molar-refractivity contribution < 1.29 is 23.5 Å². The summed E-state index contributed by atoms with van der Waals surface area (Å²) < 4.78 is 17.8. The third-order valence-electron chi connectivity index (χ3n) is 4.26. The molecule has 1 atom stereocenters. The van der Waals surface area contributed by atoms with Gasteiger partial charge >= 0.3 is 5.97 Å². The zero-order valence-electron chi connectivity index (χ0n) is 13.7. The van der Waals surface area contributed by atoms with E-state index in [9.17, 15) is 18.8 Å². The van der Waals surface area contributed by atoms with Gasteiger partial charge in [-0.2, -0.15) is 0 Å². The summed E-state index contributed by atoms with van der Waals surface area (Å²) in [5.41, 5.74) is 0.948. The van der Waals surface area contributed by atoms with Crippen molar-refractivity contribution >= 4 is 28.7 Å². The van der Waals surface area contributed by atoms with Gasteiger partial charge in [-0.05, 0) is 37.1 Å². The molecule has 2 heterocycles. The minimum atomic E-state index is -0.639. The molecule has 0 spiro atoms. The predicted molar refractivity (Wildman–Crippen MR) is 87.3 cm³/mol. The monoisotopic (exact) mass is 347 g/mol. The number of aromatic amines is 1. The molecular formula is C17H18FN3O4. The van der Waals surface area contributed by atoms with Crippen LogP contribution in [0.3, 0.4) is 0 Å². The second kappa shape index (κ2) is 6.92. The number of esters is 1. The van der Waals surface area contributed by atoms with Crippen LogP contribution in [0.2, 0.25) is 0 Å². The van der Waals surface area contributed by atoms with Gasteiger partial charge in [-0.1, -0.05) is 0 Å². The summed E-state index contributed by atoms with van der Waals surface area (Å²) in [5.74, 6) is -1.65. The Bertz CT molecular complexity index is 832. The Labute approximate surface area is 143 Å². The average Bonchev–Trinajstić information content (AvgIpc) is 3.24. The topological polar surface area (TPSA) is 91.5 Å². The van der Waals surface area contributed by atoms with Gasteiger partial charge in [0.1, 0.15) is 24.1 Å². The van der Waals surface area contributed by atoms with Gasteiger partial charge in [0.2, 0.25) is 5.91 Å². The molecule has 1 aliphatic heterocycles. The van der Waals surface area contributed by atoms with E-state index in [1.807, 2.05) is 0 Å². The Morgan fingerprint density at radius 3 is 2.92 bits per heavy atom. The number of likely N-dealkylation sites (tertiary alicyclic amines) is 1. The maximum absolute atomic E-state index is 13.3. The zero-order valence-corrected chi connectivity index (χ0v) is 13.7. The summed E-state index contributed by atoms with van der Waals surface area (Å²) in [4.78, 5) is 40.6. The molecule has 0 unspecified atom stereocenters. The van der Waals surface area contributed by atoms with E-state index in [4.69, 9.17) is 0 Å². The SMILES string of the molecule is COC(=O)CNC(=O)[C@@H]1CCCN1C(=O)c1cc2cc(F)ccc2[nH]1. The molecule has 7 nitrogen and oxygen atoms in total. The lowest BCUT2D eigenvalue weighted by Crippen LogP contribution is -2.47. The Balaban J connectivity index is 1.75. The number of ether oxygens (including phenoxy) is 1. The lowest BCUT2D eigenvalue weighted by atomic mass is 10.2. The van der Waals surface area contributed by atoms with Crippen LogP contribution in [0, 0.1) is 5.82 Å². The van der Waals surface area contributed by atoms with Crippen LogP contribution in [0.5, 0.6) is 0 Å². The Morgan fingerprint density at radius 1 is 1.36 bits per heavy atom. The standard InChI is InChI=1S/C17H18FN3O4/c1-25-15(22)9-19-16(23)14-3-2-6-21(14)17(24)13-8-10-7-11(18)4-5-12(10)20-13/h4-5,7-8,14,20H,2-3,6,9H2,1H3,(H,19,23)/t14-/m0/s1. The number of amides is 2. The van der Waals surface area contributed by atoms with Crippen LogP contribution < -0.4 is 5.32 Å². The van der Waals surface area contributed by atoms with E-state index in [-0.39, 0.29) is 18.3 Å². The van der Waals surface area contributed by atoms with Gasteiger partial charge in [-0.25, -0.2) is 4.39 Å². The Kier molecular flexibility index (Phi) is 4.69. The normalized spacial score (nSPS) is 16.9. The number of halogens is 1. The number of nitrogens with one attached hydrogen (secondary N) is 2. The van der Waals surface area contributed by atoms with E-state index in [0.29, 0.717) is 36.0 Å². The number of rotatable bonds is 4. The number of H-pyrrole nitrogens is 1. The van der Waals surface area contributed by atoms with Crippen molar-refractivity contribution in [3.63, 3.8) is 0 Å². The number of aromatic nitrogens is 1. The molecule has 1 aromatic carbocycles. The molecular weight excluding hydrogens is 329 g/mol. The van der Waals surface area contributed by atoms with E-state index in [0.717, 1.165) is 0 Å². The number of nitrogens with zero attached hydrogens (tertiary/aromatic N) is 1. The fraction of sp³-hybridized carbons (Fsp3) is 0.353. The minimum absolute atomic E-state index is 0.237. The van der Waals surface area contributed by atoms with Crippen molar-refractivity contribution in [3.8, 4) is 0 Å². The summed E-state index contributed by atoms with van der Waals surface area (Å²) in [6, 6.07) is 5.15. The van der Waals surface area contributed by atoms with Crippen molar-refractivity contribution in [2.45, 2.75) is 18.9 Å². The van der Waals surface area contributed by atoms with E-state index in [1.54, 1.807) is 12.1 Å². The molecule has 2 aromatic rings. The molecule has 25 heavy (non-hydrogen) atoms. The number of methoxy groups -OCH3 is 1. The first kappa shape index (κ1) is 16.9. The third-order valence-corrected chi connectivity index (χ3v) is 4.26. The second-order valence-corrected chi connectivity index (χ2v) is 5.87. The van der Waals surface area contributed by atoms with Crippen molar-refractivity contribution in [3.05, 3.63) is 35.8 Å². The number of hydrogen-bond donors (Lipinski definition) is 2. The smallest absolute Gasteiger partial charge is 0.325 e. The van der Waals surface area contributed by atoms with Crippen LogP contribution >= 0.6 is 0 Å².